The van der Waals surface area contributed by atoms with Gasteiger partial charge in [0.25, 0.3) is 5.91 Å². The molecule has 0 radical (unpaired) electrons. The normalized spacial score (nSPS) is 10.4. The van der Waals surface area contributed by atoms with E-state index in [1.54, 1.807) is 19.2 Å². The quantitative estimate of drug-likeness (QED) is 0.810. The van der Waals surface area contributed by atoms with Crippen molar-refractivity contribution in [3.05, 3.63) is 42.0 Å². The van der Waals surface area contributed by atoms with E-state index >= 15 is 0 Å². The number of nitrogens with one attached hydrogen (secondary N) is 1. The van der Waals surface area contributed by atoms with Crippen LogP contribution in [0.4, 0.5) is 4.39 Å². The van der Waals surface area contributed by atoms with E-state index in [-0.39, 0.29) is 17.4 Å². The molecule has 2 aromatic rings. The molecule has 0 saturated carbocycles. The maximum Gasteiger partial charge on any atom is 0.273 e. The van der Waals surface area contributed by atoms with Crippen LogP contribution in [0.1, 0.15) is 10.5 Å². The molecule has 0 spiro atoms. The highest BCUT2D eigenvalue weighted by Crippen LogP contribution is 2.07. The summed E-state index contributed by atoms with van der Waals surface area (Å²) in [5.74, 6) is -0.660. The molecule has 2 rings (SSSR count). The van der Waals surface area contributed by atoms with Crippen molar-refractivity contribution in [3.63, 3.8) is 0 Å². The summed E-state index contributed by atoms with van der Waals surface area (Å²) in [7, 11) is 1.55. The molecule has 6 nitrogen and oxygen atoms in total. The molecule has 1 heterocycles. The van der Waals surface area contributed by atoms with Gasteiger partial charge in [0.2, 0.25) is 0 Å². The Morgan fingerprint density at radius 1 is 1.42 bits per heavy atom. The number of nitrogens with zero attached hydrogens (tertiary/aromatic N) is 3. The number of halogens is 1. The highest BCUT2D eigenvalue weighted by molar-refractivity contribution is 5.91. The molecule has 0 bridgehead atoms. The largest absolute Gasteiger partial charge is 0.383 e. The average Bonchev–Trinajstić information content (AvgIpc) is 2.89. The summed E-state index contributed by atoms with van der Waals surface area (Å²) in [6.45, 7) is 0.830. The maximum atomic E-state index is 12.8. The van der Waals surface area contributed by atoms with E-state index in [4.69, 9.17) is 4.74 Å². The highest BCUT2D eigenvalue weighted by atomic mass is 19.1. The number of methoxy groups -OCH3 is 1. The van der Waals surface area contributed by atoms with Crippen LogP contribution in [0.5, 0.6) is 0 Å². The fraction of sp³-hybridized carbons (Fsp3) is 0.250. The summed E-state index contributed by atoms with van der Waals surface area (Å²) in [5, 5.41) is 10.2. The monoisotopic (exact) mass is 264 g/mol. The summed E-state index contributed by atoms with van der Waals surface area (Å²) < 4.78 is 19.0. The molecule has 0 fully saturated rings. The summed E-state index contributed by atoms with van der Waals surface area (Å²) >= 11 is 0. The predicted molar refractivity (Wildman–Crippen MR) is 65.5 cm³/mol. The Bertz CT molecular complexity index is 553. The zero-order chi connectivity index (χ0) is 13.7. The molecule has 7 heteroatoms. The van der Waals surface area contributed by atoms with Gasteiger partial charge in [-0.1, -0.05) is 5.21 Å². The minimum Gasteiger partial charge on any atom is -0.383 e. The molecule has 1 aromatic heterocycles. The lowest BCUT2D eigenvalue weighted by atomic mass is 10.3. The Morgan fingerprint density at radius 2 is 2.16 bits per heavy atom. The Hall–Kier alpha value is -2.28. The number of rotatable bonds is 5. The lowest BCUT2D eigenvalue weighted by Gasteiger charge is -2.00. The number of aromatic nitrogens is 3. The van der Waals surface area contributed by atoms with E-state index in [0.29, 0.717) is 18.8 Å². The number of carbonyl (C=O) groups is 1. The molecule has 0 aliphatic carbocycles. The number of amides is 1. The van der Waals surface area contributed by atoms with Crippen LogP contribution in [-0.4, -0.2) is 41.2 Å². The molecule has 0 aliphatic rings. The second-order valence-corrected chi connectivity index (χ2v) is 3.77. The summed E-state index contributed by atoms with van der Waals surface area (Å²) in [6, 6.07) is 5.73. The zero-order valence-electron chi connectivity index (χ0n) is 10.3. The number of carbonyl (C=O) groups excluding carboxylic acids is 1. The van der Waals surface area contributed by atoms with Crippen LogP contribution in [0.25, 0.3) is 5.69 Å². The number of hydrogen-bond acceptors (Lipinski definition) is 4. The molecule has 1 aromatic carbocycles. The van der Waals surface area contributed by atoms with Crippen LogP contribution in [0.2, 0.25) is 0 Å². The first-order valence-electron chi connectivity index (χ1n) is 5.66. The molecule has 100 valence electrons. The van der Waals surface area contributed by atoms with Crippen LogP contribution in [0, 0.1) is 5.82 Å². The van der Waals surface area contributed by atoms with Crippen molar-refractivity contribution in [2.75, 3.05) is 20.3 Å². The average molecular weight is 264 g/mol. The smallest absolute Gasteiger partial charge is 0.273 e. The van der Waals surface area contributed by atoms with Crippen molar-refractivity contribution in [2.45, 2.75) is 0 Å². The fourth-order valence-electron chi connectivity index (χ4n) is 1.45. The van der Waals surface area contributed by atoms with Crippen molar-refractivity contribution < 1.29 is 13.9 Å². The van der Waals surface area contributed by atoms with Gasteiger partial charge in [0, 0.05) is 13.7 Å². The van der Waals surface area contributed by atoms with Crippen LogP contribution >= 0.6 is 0 Å². The molecular formula is C12H13FN4O2. The lowest BCUT2D eigenvalue weighted by molar-refractivity contribution is 0.0932. The second-order valence-electron chi connectivity index (χ2n) is 3.77. The van der Waals surface area contributed by atoms with Gasteiger partial charge in [-0.3, -0.25) is 4.79 Å². The van der Waals surface area contributed by atoms with E-state index in [1.165, 1.54) is 23.0 Å². The van der Waals surface area contributed by atoms with E-state index in [1.807, 2.05) is 0 Å². The van der Waals surface area contributed by atoms with Gasteiger partial charge in [0.1, 0.15) is 5.82 Å². The molecule has 1 amide bonds. The van der Waals surface area contributed by atoms with E-state index in [9.17, 15) is 9.18 Å². The molecule has 19 heavy (non-hydrogen) atoms. The number of benzene rings is 1. The summed E-state index contributed by atoms with van der Waals surface area (Å²) in [6.07, 6.45) is 1.48. The Kier molecular flexibility index (Phi) is 4.19. The van der Waals surface area contributed by atoms with Crippen molar-refractivity contribution in [1.82, 2.24) is 20.3 Å². The van der Waals surface area contributed by atoms with Gasteiger partial charge in [-0.25, -0.2) is 9.07 Å². The van der Waals surface area contributed by atoms with Gasteiger partial charge in [-0.15, -0.1) is 5.10 Å². The van der Waals surface area contributed by atoms with Gasteiger partial charge in [0.05, 0.1) is 18.5 Å². The van der Waals surface area contributed by atoms with Gasteiger partial charge < -0.3 is 10.1 Å². The second kappa shape index (κ2) is 6.05. The van der Waals surface area contributed by atoms with Crippen LogP contribution in [-0.2, 0) is 4.74 Å². The predicted octanol–water partition coefficient (Wildman–Crippen LogP) is 0.783. The van der Waals surface area contributed by atoms with Crippen LogP contribution in [0.3, 0.4) is 0 Å². The van der Waals surface area contributed by atoms with Crippen LogP contribution in [0.15, 0.2) is 30.5 Å². The Labute approximate surface area is 109 Å². The van der Waals surface area contributed by atoms with Gasteiger partial charge >= 0.3 is 0 Å². The van der Waals surface area contributed by atoms with Crippen molar-refractivity contribution in [1.29, 1.82) is 0 Å². The third-order valence-electron chi connectivity index (χ3n) is 2.41. The third-order valence-corrected chi connectivity index (χ3v) is 2.41. The first-order valence-corrected chi connectivity index (χ1v) is 5.66. The fourth-order valence-corrected chi connectivity index (χ4v) is 1.45. The summed E-state index contributed by atoms with van der Waals surface area (Å²) in [4.78, 5) is 11.7. The van der Waals surface area contributed by atoms with E-state index in [0.717, 1.165) is 0 Å². The van der Waals surface area contributed by atoms with Crippen molar-refractivity contribution >= 4 is 5.91 Å². The molecule has 0 saturated heterocycles. The van der Waals surface area contributed by atoms with Gasteiger partial charge in [-0.05, 0) is 24.3 Å². The Balaban J connectivity index is 2.06. The molecule has 0 aliphatic heterocycles. The van der Waals surface area contributed by atoms with Crippen molar-refractivity contribution in [2.24, 2.45) is 0 Å². The molecule has 0 unspecified atom stereocenters. The minimum absolute atomic E-state index is 0.195. The molecular weight excluding hydrogens is 251 g/mol. The van der Waals surface area contributed by atoms with Crippen molar-refractivity contribution in [3.8, 4) is 5.69 Å². The topological polar surface area (TPSA) is 69.0 Å². The van der Waals surface area contributed by atoms with Gasteiger partial charge in [-0.2, -0.15) is 0 Å². The van der Waals surface area contributed by atoms with E-state index < -0.39 is 0 Å². The number of hydrogen-bond donors (Lipinski definition) is 1. The first-order chi connectivity index (χ1) is 9.20. The third kappa shape index (κ3) is 3.35. The van der Waals surface area contributed by atoms with Crippen LogP contribution < -0.4 is 5.32 Å². The number of ether oxygens (including phenoxy) is 1. The molecule has 1 N–H and O–H groups in total. The SMILES string of the molecule is COCCNC(=O)c1cn(-c2ccc(F)cc2)nn1. The maximum absolute atomic E-state index is 12.8. The Morgan fingerprint density at radius 3 is 2.84 bits per heavy atom. The minimum atomic E-state index is -0.332. The zero-order valence-corrected chi connectivity index (χ0v) is 10.3. The van der Waals surface area contributed by atoms with Gasteiger partial charge in [0.15, 0.2) is 5.69 Å². The summed E-state index contributed by atoms with van der Waals surface area (Å²) in [5.41, 5.74) is 0.824. The highest BCUT2D eigenvalue weighted by Gasteiger charge is 2.10. The molecule has 0 atom stereocenters. The van der Waals surface area contributed by atoms with E-state index in [2.05, 4.69) is 15.6 Å². The lowest BCUT2D eigenvalue weighted by Crippen LogP contribution is -2.27. The first kappa shape index (κ1) is 13.2. The standard InChI is InChI=1S/C12H13FN4O2/c1-19-7-6-14-12(18)11-8-17(16-15-11)10-4-2-9(13)3-5-10/h2-5,8H,6-7H2,1H3,(H,14,18).